The van der Waals surface area contributed by atoms with Crippen LogP contribution in [0.1, 0.15) is 27.0 Å². The molecule has 0 aliphatic carbocycles. The first-order valence-electron chi connectivity index (χ1n) is 9.88. The summed E-state index contributed by atoms with van der Waals surface area (Å²) >= 11 is 0. The zero-order valence-electron chi connectivity index (χ0n) is 18.7. The van der Waals surface area contributed by atoms with Crippen molar-refractivity contribution >= 4 is 17.4 Å². The largest absolute Gasteiger partial charge is 0.494 e. The van der Waals surface area contributed by atoms with Gasteiger partial charge in [0.25, 0.3) is 0 Å². The number of carbonyl (C=O) groups is 1. The smallest absolute Gasteiger partial charge is 0.203 e. The van der Waals surface area contributed by atoms with E-state index in [-0.39, 0.29) is 11.5 Å². The van der Waals surface area contributed by atoms with Gasteiger partial charge in [-0.2, -0.15) is 0 Å². The predicted octanol–water partition coefficient (Wildman–Crippen LogP) is 5.59. The topological polar surface area (TPSA) is 54.0 Å². The number of ether oxygens (including phenoxy) is 4. The number of aryl methyl sites for hydroxylation is 1. The van der Waals surface area contributed by atoms with Crippen molar-refractivity contribution in [3.05, 3.63) is 82.7 Å². The van der Waals surface area contributed by atoms with E-state index >= 15 is 0 Å². The molecule has 0 saturated heterocycles. The number of hydrogen-bond acceptors (Lipinski definition) is 5. The number of carbonyl (C=O) groups excluding carboxylic acids is 1. The van der Waals surface area contributed by atoms with Crippen molar-refractivity contribution in [2.75, 3.05) is 28.4 Å². The Hall–Kier alpha value is -3.80. The first-order chi connectivity index (χ1) is 15.4. The third-order valence-corrected chi connectivity index (χ3v) is 5.02. The zero-order valence-corrected chi connectivity index (χ0v) is 18.7. The molecular weight excluding hydrogens is 411 g/mol. The number of Topliss-reactive ketones (excluding diaryl/α,β-unsaturated/α-hetero) is 1. The molecule has 0 N–H and O–H groups in total. The first-order valence-corrected chi connectivity index (χ1v) is 9.88. The number of methoxy groups -OCH3 is 4. The Bertz CT molecular complexity index is 1120. The van der Waals surface area contributed by atoms with E-state index in [1.165, 1.54) is 40.6 Å². The van der Waals surface area contributed by atoms with Gasteiger partial charge in [-0.3, -0.25) is 4.79 Å². The molecule has 32 heavy (non-hydrogen) atoms. The van der Waals surface area contributed by atoms with E-state index in [0.717, 1.165) is 5.56 Å². The second-order valence-corrected chi connectivity index (χ2v) is 7.06. The molecule has 0 spiro atoms. The summed E-state index contributed by atoms with van der Waals surface area (Å²) in [5.74, 6) is 0.483. The fraction of sp³-hybridized carbons (Fsp3) is 0.192. The normalized spacial score (nSPS) is 11.1. The van der Waals surface area contributed by atoms with Gasteiger partial charge in [0.05, 0.1) is 28.4 Å². The van der Waals surface area contributed by atoms with Crippen LogP contribution in [0.3, 0.4) is 0 Å². The molecule has 0 fully saturated rings. The maximum absolute atomic E-state index is 14.3. The van der Waals surface area contributed by atoms with Gasteiger partial charge in [0, 0.05) is 11.1 Å². The van der Waals surface area contributed by atoms with E-state index in [1.54, 1.807) is 24.3 Å². The van der Waals surface area contributed by atoms with E-state index in [4.69, 9.17) is 18.9 Å². The van der Waals surface area contributed by atoms with Crippen LogP contribution in [-0.2, 0) is 0 Å². The standard InChI is InChI=1S/C26H25FO5/c1-16-6-9-18(10-7-16)20(12-17-8-11-22(29-2)21(27)13-17)25(28)19-14-23(30-3)26(32-5)24(15-19)31-4/h6-15H,1-5H3. The van der Waals surface area contributed by atoms with Crippen molar-refractivity contribution in [2.24, 2.45) is 0 Å². The van der Waals surface area contributed by atoms with Crippen LogP contribution < -0.4 is 18.9 Å². The van der Waals surface area contributed by atoms with Crippen molar-refractivity contribution in [2.45, 2.75) is 6.92 Å². The summed E-state index contributed by atoms with van der Waals surface area (Å²) in [6.07, 6.45) is 1.65. The van der Waals surface area contributed by atoms with Crippen molar-refractivity contribution in [3.8, 4) is 23.0 Å². The van der Waals surface area contributed by atoms with Gasteiger partial charge in [-0.25, -0.2) is 4.39 Å². The highest BCUT2D eigenvalue weighted by molar-refractivity contribution is 6.32. The summed E-state index contributed by atoms with van der Waals surface area (Å²) in [4.78, 5) is 13.6. The van der Waals surface area contributed by atoms with Crippen molar-refractivity contribution < 1.29 is 28.1 Å². The second kappa shape index (κ2) is 10.0. The summed E-state index contributed by atoms with van der Waals surface area (Å²) in [6.45, 7) is 1.97. The minimum atomic E-state index is -0.509. The lowest BCUT2D eigenvalue weighted by Gasteiger charge is -2.15. The fourth-order valence-corrected chi connectivity index (χ4v) is 3.32. The Morgan fingerprint density at radius 1 is 0.750 bits per heavy atom. The molecule has 166 valence electrons. The molecule has 5 nitrogen and oxygen atoms in total. The van der Waals surface area contributed by atoms with Crippen molar-refractivity contribution in [1.82, 2.24) is 0 Å². The van der Waals surface area contributed by atoms with E-state index in [9.17, 15) is 9.18 Å². The third-order valence-electron chi connectivity index (χ3n) is 5.02. The van der Waals surface area contributed by atoms with E-state index in [0.29, 0.717) is 39.5 Å². The van der Waals surface area contributed by atoms with Crippen LogP contribution in [0.2, 0.25) is 0 Å². The number of rotatable bonds is 8. The van der Waals surface area contributed by atoms with Gasteiger partial charge in [-0.15, -0.1) is 0 Å². The van der Waals surface area contributed by atoms with E-state index < -0.39 is 5.82 Å². The van der Waals surface area contributed by atoms with Gasteiger partial charge in [0.1, 0.15) is 0 Å². The van der Waals surface area contributed by atoms with E-state index in [2.05, 4.69) is 0 Å². The van der Waals surface area contributed by atoms with Crippen LogP contribution in [0.15, 0.2) is 54.6 Å². The molecule has 3 aromatic carbocycles. The van der Waals surface area contributed by atoms with Crippen LogP contribution in [-0.4, -0.2) is 34.2 Å². The summed E-state index contributed by atoms with van der Waals surface area (Å²) in [5.41, 5.74) is 3.03. The fourth-order valence-electron chi connectivity index (χ4n) is 3.32. The molecule has 0 unspecified atom stereocenters. The molecule has 0 bridgehead atoms. The first kappa shape index (κ1) is 22.9. The quantitative estimate of drug-likeness (QED) is 0.262. The lowest BCUT2D eigenvalue weighted by Crippen LogP contribution is -2.05. The lowest BCUT2D eigenvalue weighted by atomic mass is 9.93. The van der Waals surface area contributed by atoms with Crippen molar-refractivity contribution in [3.63, 3.8) is 0 Å². The molecule has 0 aliphatic rings. The Labute approximate surface area is 187 Å². The number of allylic oxidation sites excluding steroid dienone is 1. The van der Waals surface area contributed by atoms with Crippen LogP contribution >= 0.6 is 0 Å². The summed E-state index contributed by atoms with van der Waals surface area (Å²) in [6, 6.07) is 15.3. The third kappa shape index (κ3) is 4.75. The lowest BCUT2D eigenvalue weighted by molar-refractivity contribution is 0.105. The molecule has 3 aromatic rings. The Kier molecular flexibility index (Phi) is 7.15. The number of hydrogen-bond donors (Lipinski definition) is 0. The maximum Gasteiger partial charge on any atom is 0.203 e. The van der Waals surface area contributed by atoms with Gasteiger partial charge < -0.3 is 18.9 Å². The molecule has 0 radical (unpaired) electrons. The maximum atomic E-state index is 14.3. The van der Waals surface area contributed by atoms with E-state index in [1.807, 2.05) is 31.2 Å². The number of ketones is 1. The molecule has 3 rings (SSSR count). The highest BCUT2D eigenvalue weighted by atomic mass is 19.1. The molecule has 0 amide bonds. The van der Waals surface area contributed by atoms with Crippen LogP contribution in [0.25, 0.3) is 11.6 Å². The van der Waals surface area contributed by atoms with Gasteiger partial charge in [-0.1, -0.05) is 35.9 Å². The number of benzene rings is 3. The molecule has 0 heterocycles. The average Bonchev–Trinajstić information content (AvgIpc) is 2.81. The number of halogens is 1. The highest BCUT2D eigenvalue weighted by Gasteiger charge is 2.21. The summed E-state index contributed by atoms with van der Waals surface area (Å²) in [5, 5.41) is 0. The predicted molar refractivity (Wildman–Crippen MR) is 122 cm³/mol. The van der Waals surface area contributed by atoms with Gasteiger partial charge in [0.15, 0.2) is 28.8 Å². The molecule has 0 saturated carbocycles. The van der Waals surface area contributed by atoms with Crippen molar-refractivity contribution in [1.29, 1.82) is 0 Å². The average molecular weight is 436 g/mol. The summed E-state index contributed by atoms with van der Waals surface area (Å²) in [7, 11) is 5.88. The van der Waals surface area contributed by atoms with Crippen LogP contribution in [0.5, 0.6) is 23.0 Å². The van der Waals surface area contributed by atoms with Gasteiger partial charge >= 0.3 is 0 Å². The minimum absolute atomic E-state index is 0.134. The molecular formula is C26H25FO5. The Morgan fingerprint density at radius 3 is 1.84 bits per heavy atom. The molecule has 6 heteroatoms. The van der Waals surface area contributed by atoms with Crippen LogP contribution in [0, 0.1) is 12.7 Å². The zero-order chi connectivity index (χ0) is 23.3. The second-order valence-electron chi connectivity index (χ2n) is 7.06. The van der Waals surface area contributed by atoms with Gasteiger partial charge in [0.2, 0.25) is 5.75 Å². The minimum Gasteiger partial charge on any atom is -0.494 e. The van der Waals surface area contributed by atoms with Crippen LogP contribution in [0.4, 0.5) is 4.39 Å². The Balaban J connectivity index is 2.17. The monoisotopic (exact) mass is 436 g/mol. The molecule has 0 atom stereocenters. The summed E-state index contributed by atoms with van der Waals surface area (Å²) < 4.78 is 35.4. The van der Waals surface area contributed by atoms with Gasteiger partial charge in [-0.05, 0) is 48.4 Å². The Morgan fingerprint density at radius 2 is 1.34 bits per heavy atom. The SMILES string of the molecule is COc1ccc(C=C(C(=O)c2cc(OC)c(OC)c(OC)c2)c2ccc(C)cc2)cc1F. The molecule has 0 aromatic heterocycles. The highest BCUT2D eigenvalue weighted by Crippen LogP contribution is 2.39. The molecule has 0 aliphatic heterocycles.